The van der Waals surface area contributed by atoms with Crippen LogP contribution in [0.3, 0.4) is 0 Å². The summed E-state index contributed by atoms with van der Waals surface area (Å²) in [5, 5.41) is 3.09. The molecule has 0 aliphatic rings. The summed E-state index contributed by atoms with van der Waals surface area (Å²) in [6.45, 7) is 3.94. The summed E-state index contributed by atoms with van der Waals surface area (Å²) in [5.74, 6) is 0.355. The number of pyridine rings is 1. The van der Waals surface area contributed by atoms with Crippen LogP contribution >= 0.6 is 0 Å². The first kappa shape index (κ1) is 14.4. The van der Waals surface area contributed by atoms with Gasteiger partial charge in [0.25, 0.3) is 0 Å². The Hall–Kier alpha value is -1.62. The number of rotatable bonds is 7. The number of carbonyl (C=O) groups is 1. The van der Waals surface area contributed by atoms with Crippen molar-refractivity contribution in [2.75, 3.05) is 38.7 Å². The fourth-order valence-electron chi connectivity index (χ4n) is 1.67. The zero-order valence-corrected chi connectivity index (χ0v) is 11.3. The number of carbonyl (C=O) groups excluding carboxylic acids is 1. The summed E-state index contributed by atoms with van der Waals surface area (Å²) in [5.41, 5.74) is 0.520. The average Bonchev–Trinajstić information content (AvgIpc) is 2.39. The van der Waals surface area contributed by atoms with Crippen LogP contribution in [0.1, 0.15) is 23.7 Å². The molecule has 1 aromatic rings. The Morgan fingerprint density at radius 3 is 3.00 bits per heavy atom. The summed E-state index contributed by atoms with van der Waals surface area (Å²) in [7, 11) is 3.85. The number of hydrogen-bond acceptors (Lipinski definition) is 5. The first-order valence-electron chi connectivity index (χ1n) is 6.18. The maximum atomic E-state index is 11.8. The molecule has 1 heterocycles. The minimum absolute atomic E-state index is 0.318. The lowest BCUT2D eigenvalue weighted by Crippen LogP contribution is -2.25. The van der Waals surface area contributed by atoms with Crippen molar-refractivity contribution in [3.8, 4) is 0 Å². The highest BCUT2D eigenvalue weighted by molar-refractivity contribution is 5.94. The van der Waals surface area contributed by atoms with E-state index in [0.717, 1.165) is 19.5 Å². The Bertz CT molecular complexity index is 382. The van der Waals surface area contributed by atoms with Gasteiger partial charge in [-0.2, -0.15) is 0 Å². The second kappa shape index (κ2) is 7.66. The van der Waals surface area contributed by atoms with Crippen LogP contribution in [-0.4, -0.2) is 44.7 Å². The zero-order chi connectivity index (χ0) is 13.4. The molecule has 0 aromatic carbocycles. The van der Waals surface area contributed by atoms with Gasteiger partial charge in [-0.25, -0.2) is 9.78 Å². The van der Waals surface area contributed by atoms with Crippen LogP contribution in [0.15, 0.2) is 18.3 Å². The molecule has 0 aliphatic carbocycles. The topological polar surface area (TPSA) is 54.5 Å². The molecule has 1 aromatic heterocycles. The van der Waals surface area contributed by atoms with E-state index in [4.69, 9.17) is 4.74 Å². The van der Waals surface area contributed by atoms with Crippen molar-refractivity contribution in [1.29, 1.82) is 0 Å². The molecule has 0 fully saturated rings. The van der Waals surface area contributed by atoms with Crippen molar-refractivity contribution < 1.29 is 9.53 Å². The monoisotopic (exact) mass is 251 g/mol. The first-order valence-corrected chi connectivity index (χ1v) is 6.18. The maximum Gasteiger partial charge on any atom is 0.341 e. The lowest BCUT2D eigenvalue weighted by Gasteiger charge is -2.20. The third-order valence-corrected chi connectivity index (χ3v) is 2.56. The van der Waals surface area contributed by atoms with E-state index in [1.54, 1.807) is 25.3 Å². The number of ether oxygens (including phenoxy) is 1. The smallest absolute Gasteiger partial charge is 0.341 e. The Balaban J connectivity index is 2.77. The summed E-state index contributed by atoms with van der Waals surface area (Å²) in [6, 6.07) is 3.49. The third kappa shape index (κ3) is 4.00. The quantitative estimate of drug-likeness (QED) is 0.585. The first-order chi connectivity index (χ1) is 8.70. The fourth-order valence-corrected chi connectivity index (χ4v) is 1.67. The van der Waals surface area contributed by atoms with E-state index in [-0.39, 0.29) is 5.97 Å². The maximum absolute atomic E-state index is 11.8. The molecule has 0 saturated heterocycles. The van der Waals surface area contributed by atoms with Gasteiger partial charge in [0.1, 0.15) is 11.4 Å². The van der Waals surface area contributed by atoms with E-state index in [0.29, 0.717) is 18.0 Å². The van der Waals surface area contributed by atoms with Crippen LogP contribution in [0.2, 0.25) is 0 Å². The van der Waals surface area contributed by atoms with Gasteiger partial charge < -0.3 is 15.0 Å². The lowest BCUT2D eigenvalue weighted by atomic mass is 10.2. The molecule has 5 nitrogen and oxygen atoms in total. The molecule has 0 saturated carbocycles. The van der Waals surface area contributed by atoms with Crippen LogP contribution in [0.4, 0.5) is 5.82 Å². The molecule has 100 valence electrons. The number of aromatic nitrogens is 1. The number of nitrogens with zero attached hydrogens (tertiary/aromatic N) is 2. The van der Waals surface area contributed by atoms with E-state index >= 15 is 0 Å². The van der Waals surface area contributed by atoms with Crippen LogP contribution in [0.25, 0.3) is 0 Å². The zero-order valence-electron chi connectivity index (χ0n) is 11.3. The van der Waals surface area contributed by atoms with Crippen molar-refractivity contribution in [3.05, 3.63) is 23.9 Å². The average molecular weight is 251 g/mol. The van der Waals surface area contributed by atoms with Crippen molar-refractivity contribution in [3.63, 3.8) is 0 Å². The molecule has 0 unspecified atom stereocenters. The Labute approximate surface area is 108 Å². The minimum atomic E-state index is -0.318. The summed E-state index contributed by atoms with van der Waals surface area (Å²) < 4.78 is 5.03. The highest BCUT2D eigenvalue weighted by atomic mass is 16.5. The van der Waals surface area contributed by atoms with Gasteiger partial charge in [-0.3, -0.25) is 0 Å². The van der Waals surface area contributed by atoms with Gasteiger partial charge in [-0.1, -0.05) is 0 Å². The molecule has 1 N–H and O–H groups in total. The van der Waals surface area contributed by atoms with Gasteiger partial charge in [0.15, 0.2) is 0 Å². The third-order valence-electron chi connectivity index (χ3n) is 2.56. The minimum Gasteiger partial charge on any atom is -0.462 e. The summed E-state index contributed by atoms with van der Waals surface area (Å²) in [4.78, 5) is 18.0. The van der Waals surface area contributed by atoms with E-state index in [9.17, 15) is 4.79 Å². The van der Waals surface area contributed by atoms with Crippen LogP contribution in [0.5, 0.6) is 0 Å². The van der Waals surface area contributed by atoms with Crippen molar-refractivity contribution in [2.45, 2.75) is 13.3 Å². The van der Waals surface area contributed by atoms with E-state index in [2.05, 4.69) is 10.3 Å². The number of anilines is 1. The van der Waals surface area contributed by atoms with Gasteiger partial charge in [0.05, 0.1) is 6.61 Å². The van der Waals surface area contributed by atoms with Crippen molar-refractivity contribution >= 4 is 11.8 Å². The van der Waals surface area contributed by atoms with Crippen molar-refractivity contribution in [2.24, 2.45) is 0 Å². The molecule has 0 atom stereocenters. The van der Waals surface area contributed by atoms with E-state index in [1.165, 1.54) is 0 Å². The van der Waals surface area contributed by atoms with Crippen molar-refractivity contribution in [1.82, 2.24) is 10.3 Å². The molecule has 0 bridgehead atoms. The second-order valence-electron chi connectivity index (χ2n) is 3.97. The molecule has 0 aliphatic heterocycles. The largest absolute Gasteiger partial charge is 0.462 e. The van der Waals surface area contributed by atoms with E-state index in [1.807, 2.05) is 19.0 Å². The Morgan fingerprint density at radius 2 is 2.33 bits per heavy atom. The molecule has 5 heteroatoms. The predicted molar refractivity (Wildman–Crippen MR) is 72.0 cm³/mol. The highest BCUT2D eigenvalue weighted by Gasteiger charge is 2.15. The summed E-state index contributed by atoms with van der Waals surface area (Å²) in [6.07, 6.45) is 2.68. The normalized spacial score (nSPS) is 10.2. The van der Waals surface area contributed by atoms with Gasteiger partial charge in [0.2, 0.25) is 0 Å². The summed E-state index contributed by atoms with van der Waals surface area (Å²) >= 11 is 0. The van der Waals surface area contributed by atoms with Crippen LogP contribution < -0.4 is 10.2 Å². The number of hydrogen-bond donors (Lipinski definition) is 1. The van der Waals surface area contributed by atoms with Crippen LogP contribution in [-0.2, 0) is 4.74 Å². The number of esters is 1. The highest BCUT2D eigenvalue weighted by Crippen LogP contribution is 2.16. The molecule has 0 spiro atoms. The molecular formula is C13H21N3O2. The standard InChI is InChI=1S/C13H21N3O2/c1-4-18-13(17)11-7-5-9-15-12(11)16(3)10-6-8-14-2/h5,7,9,14H,4,6,8,10H2,1-3H3. The van der Waals surface area contributed by atoms with Gasteiger partial charge in [0, 0.05) is 19.8 Å². The SMILES string of the molecule is CCOC(=O)c1cccnc1N(C)CCCNC. The molecule has 0 radical (unpaired) electrons. The second-order valence-corrected chi connectivity index (χ2v) is 3.97. The molecular weight excluding hydrogens is 230 g/mol. The molecule has 18 heavy (non-hydrogen) atoms. The van der Waals surface area contributed by atoms with Crippen LogP contribution in [0, 0.1) is 0 Å². The number of nitrogens with one attached hydrogen (secondary N) is 1. The van der Waals surface area contributed by atoms with E-state index < -0.39 is 0 Å². The predicted octanol–water partition coefficient (Wildman–Crippen LogP) is 1.30. The Kier molecular flexibility index (Phi) is 6.14. The van der Waals surface area contributed by atoms with Gasteiger partial charge >= 0.3 is 5.97 Å². The molecule has 0 amide bonds. The fraction of sp³-hybridized carbons (Fsp3) is 0.538. The lowest BCUT2D eigenvalue weighted by molar-refractivity contribution is 0.0526. The van der Waals surface area contributed by atoms with Gasteiger partial charge in [-0.15, -0.1) is 0 Å². The van der Waals surface area contributed by atoms with Gasteiger partial charge in [-0.05, 0) is 39.1 Å². The Morgan fingerprint density at radius 1 is 1.56 bits per heavy atom. The molecule has 1 rings (SSSR count).